The van der Waals surface area contributed by atoms with Crippen molar-refractivity contribution in [1.29, 1.82) is 0 Å². The number of aromatic hydroxyl groups is 2. The van der Waals surface area contributed by atoms with Crippen LogP contribution in [0.5, 0.6) is 11.5 Å². The minimum absolute atomic E-state index is 0.0137. The molecule has 0 saturated heterocycles. The summed E-state index contributed by atoms with van der Waals surface area (Å²) < 4.78 is 0. The van der Waals surface area contributed by atoms with Gasteiger partial charge in [0.25, 0.3) is 0 Å². The Hall–Kier alpha value is -2.30. The summed E-state index contributed by atoms with van der Waals surface area (Å²) in [6.07, 6.45) is 0. The molecule has 1 aliphatic rings. The van der Waals surface area contributed by atoms with Crippen LogP contribution in [0.15, 0.2) is 52.5 Å². The Bertz CT molecular complexity index is 772. The Kier molecular flexibility index (Phi) is 4.11. The van der Waals surface area contributed by atoms with Gasteiger partial charge in [0, 0.05) is 33.4 Å². The minimum Gasteiger partial charge on any atom is -0.508 e. The number of phenolic OH excluding ortho intramolecular Hbond substituents is 2. The molecule has 2 aromatic carbocycles. The fourth-order valence-corrected chi connectivity index (χ4v) is 4.56. The van der Waals surface area contributed by atoms with E-state index < -0.39 is 0 Å². The first-order chi connectivity index (χ1) is 11.0. The summed E-state index contributed by atoms with van der Waals surface area (Å²) in [5.41, 5.74) is 10.7. The Morgan fingerprint density at radius 1 is 1.22 bits per heavy atom. The van der Waals surface area contributed by atoms with E-state index in [-0.39, 0.29) is 22.8 Å². The number of rotatable bonds is 3. The van der Waals surface area contributed by atoms with Crippen LogP contribution in [-0.2, 0) is 5.41 Å². The first-order valence-corrected chi connectivity index (χ1v) is 8.29. The van der Waals surface area contributed by atoms with Crippen molar-refractivity contribution in [2.45, 2.75) is 23.2 Å². The lowest BCUT2D eigenvalue weighted by Crippen LogP contribution is -2.37. The van der Waals surface area contributed by atoms with Crippen LogP contribution in [0.4, 0.5) is 0 Å². The number of thioether (sulfide) groups is 1. The number of hydrogen-bond donors (Lipinski definition) is 2. The molecule has 0 bridgehead atoms. The number of phenols is 2. The van der Waals surface area contributed by atoms with E-state index in [4.69, 9.17) is 5.53 Å². The molecule has 2 N–H and O–H groups in total. The molecule has 0 radical (unpaired) electrons. The van der Waals surface area contributed by atoms with Crippen LogP contribution in [0.25, 0.3) is 10.4 Å². The number of benzene rings is 2. The number of hydrogen-bond acceptors (Lipinski definition) is 4. The van der Waals surface area contributed by atoms with Crippen molar-refractivity contribution in [1.82, 2.24) is 0 Å². The summed E-state index contributed by atoms with van der Waals surface area (Å²) >= 11 is 1.69. The topological polar surface area (TPSA) is 89.2 Å². The second-order valence-corrected chi connectivity index (χ2v) is 6.96. The zero-order valence-corrected chi connectivity index (χ0v) is 13.5. The van der Waals surface area contributed by atoms with Gasteiger partial charge in [-0.15, -0.1) is 11.8 Å². The SMILES string of the molecule is C[C@]1(c2ccc(O)cc2)CSc2cc(O)ccc2C1CN=[N+]=[N-]. The molecule has 0 spiro atoms. The average Bonchev–Trinajstić information content (AvgIpc) is 2.54. The molecule has 23 heavy (non-hydrogen) atoms. The van der Waals surface area contributed by atoms with Gasteiger partial charge in [0.05, 0.1) is 0 Å². The summed E-state index contributed by atoms with van der Waals surface area (Å²) in [7, 11) is 0. The number of nitrogens with zero attached hydrogens (tertiary/aromatic N) is 3. The maximum Gasteiger partial charge on any atom is 0.116 e. The van der Waals surface area contributed by atoms with E-state index in [0.717, 1.165) is 21.8 Å². The molecule has 3 rings (SSSR count). The van der Waals surface area contributed by atoms with Crippen molar-refractivity contribution in [3.8, 4) is 11.5 Å². The molecule has 118 valence electrons. The van der Waals surface area contributed by atoms with Crippen molar-refractivity contribution >= 4 is 11.8 Å². The van der Waals surface area contributed by atoms with Gasteiger partial charge in [0.2, 0.25) is 0 Å². The zero-order chi connectivity index (χ0) is 16.4. The lowest BCUT2D eigenvalue weighted by Gasteiger charge is -2.42. The largest absolute Gasteiger partial charge is 0.508 e. The van der Waals surface area contributed by atoms with Crippen molar-refractivity contribution in [2.24, 2.45) is 5.11 Å². The van der Waals surface area contributed by atoms with Crippen molar-refractivity contribution in [2.75, 3.05) is 12.3 Å². The van der Waals surface area contributed by atoms with Gasteiger partial charge < -0.3 is 10.2 Å². The first kappa shape index (κ1) is 15.6. The molecule has 2 aromatic rings. The minimum atomic E-state index is -0.226. The Balaban J connectivity index is 2.10. The van der Waals surface area contributed by atoms with Gasteiger partial charge in [-0.25, -0.2) is 0 Å². The molecule has 1 aliphatic heterocycles. The molecule has 5 nitrogen and oxygen atoms in total. The smallest absolute Gasteiger partial charge is 0.116 e. The van der Waals surface area contributed by atoms with Gasteiger partial charge in [0.1, 0.15) is 11.5 Å². The zero-order valence-electron chi connectivity index (χ0n) is 12.7. The standard InChI is InChI=1S/C17H17N3O2S/c1-17(11-2-4-12(21)5-3-11)10-23-16-8-13(22)6-7-14(16)15(17)9-19-20-18/h2-8,15,21-22H,9-10H2,1H3/t15?,17-/m1/s1. The van der Waals surface area contributed by atoms with Crippen molar-refractivity contribution in [3.05, 3.63) is 64.0 Å². The fraction of sp³-hybridized carbons (Fsp3) is 0.294. The van der Waals surface area contributed by atoms with Crippen LogP contribution >= 0.6 is 11.8 Å². The normalized spacial score (nSPS) is 22.9. The van der Waals surface area contributed by atoms with Gasteiger partial charge in [-0.1, -0.05) is 30.2 Å². The van der Waals surface area contributed by atoms with E-state index in [9.17, 15) is 10.2 Å². The summed E-state index contributed by atoms with van der Waals surface area (Å²) in [6, 6.07) is 12.6. The van der Waals surface area contributed by atoms with Crippen LogP contribution < -0.4 is 0 Å². The van der Waals surface area contributed by atoms with Crippen LogP contribution in [-0.4, -0.2) is 22.5 Å². The van der Waals surface area contributed by atoms with E-state index in [0.29, 0.717) is 6.54 Å². The Labute approximate surface area is 138 Å². The van der Waals surface area contributed by atoms with Gasteiger partial charge in [-0.2, -0.15) is 0 Å². The molecule has 6 heteroatoms. The van der Waals surface area contributed by atoms with Crippen molar-refractivity contribution < 1.29 is 10.2 Å². The first-order valence-electron chi connectivity index (χ1n) is 7.30. The van der Waals surface area contributed by atoms with Crippen LogP contribution in [0, 0.1) is 0 Å². The lowest BCUT2D eigenvalue weighted by molar-refractivity contribution is 0.410. The molecular weight excluding hydrogens is 310 g/mol. The molecule has 1 unspecified atom stereocenters. The van der Waals surface area contributed by atoms with E-state index >= 15 is 0 Å². The maximum atomic E-state index is 9.71. The highest BCUT2D eigenvalue weighted by Crippen LogP contribution is 2.50. The molecule has 1 heterocycles. The van der Waals surface area contributed by atoms with Crippen LogP contribution in [0.1, 0.15) is 24.0 Å². The number of fused-ring (bicyclic) bond motifs is 1. The van der Waals surface area contributed by atoms with Gasteiger partial charge in [0.15, 0.2) is 0 Å². The maximum absolute atomic E-state index is 9.71. The fourth-order valence-electron chi connectivity index (χ4n) is 3.15. The highest BCUT2D eigenvalue weighted by atomic mass is 32.2. The predicted molar refractivity (Wildman–Crippen MR) is 91.0 cm³/mol. The van der Waals surface area contributed by atoms with Crippen LogP contribution in [0.2, 0.25) is 0 Å². The summed E-state index contributed by atoms with van der Waals surface area (Å²) in [5, 5.41) is 23.1. The average molecular weight is 327 g/mol. The highest BCUT2D eigenvalue weighted by molar-refractivity contribution is 7.99. The summed E-state index contributed by atoms with van der Waals surface area (Å²) in [6.45, 7) is 2.51. The van der Waals surface area contributed by atoms with Gasteiger partial charge >= 0.3 is 0 Å². The third kappa shape index (κ3) is 2.83. The highest BCUT2D eigenvalue weighted by Gasteiger charge is 2.41. The van der Waals surface area contributed by atoms with Crippen LogP contribution in [0.3, 0.4) is 0 Å². The lowest BCUT2D eigenvalue weighted by atomic mass is 9.70. The Morgan fingerprint density at radius 3 is 2.61 bits per heavy atom. The van der Waals surface area contributed by atoms with Gasteiger partial charge in [-0.3, -0.25) is 0 Å². The monoisotopic (exact) mass is 327 g/mol. The van der Waals surface area contributed by atoms with E-state index in [1.807, 2.05) is 18.2 Å². The van der Waals surface area contributed by atoms with Crippen molar-refractivity contribution in [3.63, 3.8) is 0 Å². The number of azide groups is 1. The second kappa shape index (κ2) is 6.07. The molecular formula is C17H17N3O2S. The summed E-state index contributed by atoms with van der Waals surface area (Å²) in [5.74, 6) is 1.30. The third-order valence-corrected chi connectivity index (χ3v) is 5.93. The Morgan fingerprint density at radius 2 is 1.91 bits per heavy atom. The van der Waals surface area contributed by atoms with E-state index in [1.165, 1.54) is 0 Å². The van der Waals surface area contributed by atoms with E-state index in [2.05, 4.69) is 16.9 Å². The molecule has 2 atom stereocenters. The molecule has 0 aliphatic carbocycles. The predicted octanol–water partition coefficient (Wildman–Crippen LogP) is 4.56. The quantitative estimate of drug-likeness (QED) is 0.492. The van der Waals surface area contributed by atoms with E-state index in [1.54, 1.807) is 36.0 Å². The molecule has 0 amide bonds. The second-order valence-electron chi connectivity index (χ2n) is 5.94. The molecule has 0 fully saturated rings. The third-order valence-electron chi connectivity index (χ3n) is 4.52. The molecule has 0 aromatic heterocycles. The molecule has 0 saturated carbocycles. The van der Waals surface area contributed by atoms with Gasteiger partial charge in [-0.05, 0) is 40.9 Å². The summed E-state index contributed by atoms with van der Waals surface area (Å²) in [4.78, 5) is 3.95.